The molecule has 1 unspecified atom stereocenters. The monoisotopic (exact) mass is 542 g/mol. The number of amides is 1. The molecule has 11 heteroatoms. The Hall–Kier alpha value is -4.02. The summed E-state index contributed by atoms with van der Waals surface area (Å²) in [5.74, 6) is -0.797. The van der Waals surface area contributed by atoms with E-state index in [0.717, 1.165) is 55.0 Å². The zero-order chi connectivity index (χ0) is 27.7. The maximum Gasteiger partial charge on any atom is 0.511 e. The van der Waals surface area contributed by atoms with Gasteiger partial charge >= 0.3 is 12.3 Å². The zero-order valence-electron chi connectivity index (χ0n) is 21.4. The van der Waals surface area contributed by atoms with Crippen LogP contribution in [0.2, 0.25) is 0 Å². The molecule has 0 spiro atoms. The summed E-state index contributed by atoms with van der Waals surface area (Å²) >= 11 is 0. The summed E-state index contributed by atoms with van der Waals surface area (Å²) in [5, 5.41) is 8.93. The molecule has 1 aromatic heterocycles. The van der Waals surface area contributed by atoms with Crippen LogP contribution in [0.4, 0.5) is 23.7 Å². The first-order chi connectivity index (χ1) is 18.6. The number of aromatic nitrogens is 1. The Labute approximate surface area is 224 Å². The number of carbonyl (C=O) groups is 2. The number of benzene rings is 1. The zero-order valence-corrected chi connectivity index (χ0v) is 21.4. The van der Waals surface area contributed by atoms with Crippen molar-refractivity contribution in [3.63, 3.8) is 0 Å². The van der Waals surface area contributed by atoms with Gasteiger partial charge in [0.05, 0.1) is 11.6 Å². The van der Waals surface area contributed by atoms with E-state index >= 15 is 0 Å². The number of rotatable bonds is 5. The van der Waals surface area contributed by atoms with Gasteiger partial charge in [-0.1, -0.05) is 6.07 Å². The fourth-order valence-electron chi connectivity index (χ4n) is 5.73. The average Bonchev–Trinajstić information content (AvgIpc) is 3.35. The van der Waals surface area contributed by atoms with Gasteiger partial charge in [-0.25, -0.2) is 4.79 Å². The SMILES string of the molecule is CN(C(=O)c1ccc2c(c1)CCC2N1C=C(OC(=O)O)C(C(F)(F)F)=CC1)C1CCN(c2ccncc2)CC1. The first-order valence-electron chi connectivity index (χ1n) is 12.8. The summed E-state index contributed by atoms with van der Waals surface area (Å²) < 4.78 is 44.5. The molecule has 5 rings (SSSR count). The number of pyridine rings is 1. The molecule has 1 saturated heterocycles. The number of hydrogen-bond acceptors (Lipinski definition) is 6. The fraction of sp³-hybridized carbons (Fsp3) is 0.393. The second-order valence-corrected chi connectivity index (χ2v) is 9.98. The van der Waals surface area contributed by atoms with E-state index in [1.807, 2.05) is 36.2 Å². The number of alkyl halides is 3. The number of aryl methyl sites for hydroxylation is 1. The van der Waals surface area contributed by atoms with E-state index in [4.69, 9.17) is 5.11 Å². The number of anilines is 1. The molecule has 3 aliphatic rings. The van der Waals surface area contributed by atoms with Crippen LogP contribution >= 0.6 is 0 Å². The third-order valence-electron chi connectivity index (χ3n) is 7.75. The normalized spacial score (nSPS) is 19.7. The number of carbonyl (C=O) groups excluding carboxylic acids is 1. The van der Waals surface area contributed by atoms with E-state index in [2.05, 4.69) is 14.6 Å². The second-order valence-electron chi connectivity index (χ2n) is 9.98. The first kappa shape index (κ1) is 26.6. The molecule has 3 heterocycles. The van der Waals surface area contributed by atoms with Crippen molar-refractivity contribution in [2.75, 3.05) is 31.6 Å². The van der Waals surface area contributed by atoms with Crippen molar-refractivity contribution in [2.45, 2.75) is 43.9 Å². The number of hydrogen-bond donors (Lipinski definition) is 1. The minimum atomic E-state index is -4.72. The van der Waals surface area contributed by atoms with E-state index in [1.165, 1.54) is 0 Å². The largest absolute Gasteiger partial charge is 0.511 e. The van der Waals surface area contributed by atoms with Gasteiger partial charge in [0.15, 0.2) is 5.76 Å². The van der Waals surface area contributed by atoms with Crippen molar-refractivity contribution in [3.05, 3.63) is 83.0 Å². The molecular formula is C28H29F3N4O4. The van der Waals surface area contributed by atoms with Gasteiger partial charge in [-0.3, -0.25) is 9.78 Å². The molecule has 0 bridgehead atoms. The molecule has 0 radical (unpaired) electrons. The topological polar surface area (TPSA) is 86.2 Å². The van der Waals surface area contributed by atoms with Crippen LogP contribution in [-0.4, -0.2) is 70.9 Å². The minimum absolute atomic E-state index is 0.0347. The Kier molecular flexibility index (Phi) is 7.24. The summed E-state index contributed by atoms with van der Waals surface area (Å²) in [5.41, 5.74) is 2.48. The summed E-state index contributed by atoms with van der Waals surface area (Å²) in [6, 6.07) is 9.33. The average molecular weight is 543 g/mol. The summed E-state index contributed by atoms with van der Waals surface area (Å²) in [6.45, 7) is 1.66. The number of allylic oxidation sites excluding steroid dienone is 1. The molecule has 206 valence electrons. The number of fused-ring (bicyclic) bond motifs is 1. The van der Waals surface area contributed by atoms with Crippen molar-refractivity contribution in [1.82, 2.24) is 14.8 Å². The van der Waals surface area contributed by atoms with E-state index < -0.39 is 23.7 Å². The number of halogens is 3. The molecule has 2 aliphatic heterocycles. The standard InChI is InChI=1S/C28H29F3N4O4/c1-33(20-8-13-34(14-9-20)21-6-11-32-12-7-21)26(36)19-2-4-22-18(16-19)3-5-24(22)35-15-10-23(28(29,30)31)25(17-35)39-27(37)38/h2,4,6-7,10-12,16-17,20,24H,3,5,8-9,13-15H2,1H3,(H,37,38). The van der Waals surface area contributed by atoms with E-state index in [-0.39, 0.29) is 24.5 Å². The molecule has 1 aromatic carbocycles. The highest BCUT2D eigenvalue weighted by Gasteiger charge is 2.41. The van der Waals surface area contributed by atoms with Gasteiger partial charge in [-0.05, 0) is 67.2 Å². The number of piperidine rings is 1. The molecule has 1 amide bonds. The lowest BCUT2D eigenvalue weighted by Gasteiger charge is -2.38. The quantitative estimate of drug-likeness (QED) is 0.523. The molecular weight excluding hydrogens is 513 g/mol. The Morgan fingerprint density at radius 3 is 2.49 bits per heavy atom. The van der Waals surface area contributed by atoms with E-state index in [1.54, 1.807) is 23.4 Å². The molecule has 1 atom stereocenters. The van der Waals surface area contributed by atoms with Crippen molar-refractivity contribution in [1.29, 1.82) is 0 Å². The highest BCUT2D eigenvalue weighted by molar-refractivity contribution is 5.94. The van der Waals surface area contributed by atoms with Crippen LogP contribution in [0.15, 0.2) is 66.3 Å². The predicted molar refractivity (Wildman–Crippen MR) is 137 cm³/mol. The van der Waals surface area contributed by atoms with Gasteiger partial charge in [-0.15, -0.1) is 0 Å². The second kappa shape index (κ2) is 10.6. The highest BCUT2D eigenvalue weighted by atomic mass is 19.4. The lowest BCUT2D eigenvalue weighted by Crippen LogP contribution is -2.45. The summed E-state index contributed by atoms with van der Waals surface area (Å²) in [6.07, 6.45) is 2.09. The van der Waals surface area contributed by atoms with Gasteiger partial charge in [0.1, 0.15) is 0 Å². The molecule has 1 aliphatic carbocycles. The van der Waals surface area contributed by atoms with Crippen LogP contribution in [0.25, 0.3) is 0 Å². The highest BCUT2D eigenvalue weighted by Crippen LogP contribution is 2.41. The predicted octanol–water partition coefficient (Wildman–Crippen LogP) is 5.15. The number of ether oxygens (including phenoxy) is 1. The Morgan fingerprint density at radius 2 is 1.82 bits per heavy atom. The Morgan fingerprint density at radius 1 is 1.10 bits per heavy atom. The van der Waals surface area contributed by atoms with Crippen LogP contribution in [0, 0.1) is 0 Å². The van der Waals surface area contributed by atoms with E-state index in [9.17, 15) is 22.8 Å². The van der Waals surface area contributed by atoms with E-state index in [0.29, 0.717) is 18.4 Å². The minimum Gasteiger partial charge on any atom is -0.449 e. The van der Waals surface area contributed by atoms with Crippen LogP contribution in [0.5, 0.6) is 0 Å². The van der Waals surface area contributed by atoms with Gasteiger partial charge in [0.2, 0.25) is 0 Å². The molecule has 39 heavy (non-hydrogen) atoms. The van der Waals surface area contributed by atoms with Crippen molar-refractivity contribution < 1.29 is 32.6 Å². The summed E-state index contributed by atoms with van der Waals surface area (Å²) in [7, 11) is 1.83. The third-order valence-corrected chi connectivity index (χ3v) is 7.75. The smallest absolute Gasteiger partial charge is 0.449 e. The maximum atomic E-state index is 13.4. The van der Waals surface area contributed by atoms with Crippen LogP contribution in [0.3, 0.4) is 0 Å². The number of carboxylic acid groups (broad SMARTS) is 1. The number of nitrogens with zero attached hydrogens (tertiary/aromatic N) is 4. The van der Waals surface area contributed by atoms with Crippen LogP contribution in [0.1, 0.15) is 46.8 Å². The molecule has 0 saturated carbocycles. The third kappa shape index (κ3) is 5.57. The van der Waals surface area contributed by atoms with Gasteiger partial charge < -0.3 is 24.5 Å². The van der Waals surface area contributed by atoms with Crippen molar-refractivity contribution >= 4 is 17.7 Å². The molecule has 2 aromatic rings. The summed E-state index contributed by atoms with van der Waals surface area (Å²) in [4.78, 5) is 34.2. The maximum absolute atomic E-state index is 13.4. The Balaban J connectivity index is 1.26. The van der Waals surface area contributed by atoms with Crippen LogP contribution in [-0.2, 0) is 11.2 Å². The Bertz CT molecular complexity index is 1300. The molecule has 1 fully saturated rings. The van der Waals surface area contributed by atoms with Crippen LogP contribution < -0.4 is 4.90 Å². The lowest BCUT2D eigenvalue weighted by atomic mass is 10.00. The van der Waals surface area contributed by atoms with Gasteiger partial charge in [0, 0.05) is 62.6 Å². The van der Waals surface area contributed by atoms with Crippen molar-refractivity contribution in [3.8, 4) is 0 Å². The van der Waals surface area contributed by atoms with Gasteiger partial charge in [0.25, 0.3) is 5.91 Å². The fourth-order valence-corrected chi connectivity index (χ4v) is 5.73. The first-order valence-corrected chi connectivity index (χ1v) is 12.8. The van der Waals surface area contributed by atoms with Gasteiger partial charge in [-0.2, -0.15) is 13.2 Å². The molecule has 1 N–H and O–H groups in total. The molecule has 8 nitrogen and oxygen atoms in total. The van der Waals surface area contributed by atoms with Crippen molar-refractivity contribution in [2.24, 2.45) is 0 Å². The lowest BCUT2D eigenvalue weighted by molar-refractivity contribution is -0.0941.